The molecular formula is C12H17F3N2O3S. The summed E-state index contributed by atoms with van der Waals surface area (Å²) in [5, 5.41) is 0. The van der Waals surface area contributed by atoms with E-state index in [0.29, 0.717) is 18.9 Å². The minimum atomic E-state index is -4.35. The lowest BCUT2D eigenvalue weighted by Crippen LogP contribution is -2.18. The van der Waals surface area contributed by atoms with Gasteiger partial charge in [-0.25, -0.2) is 8.42 Å². The minimum Gasteiger partial charge on any atom is -0.492 e. The number of sulfonamides is 1. The second kappa shape index (κ2) is 7.51. The first-order chi connectivity index (χ1) is 9.72. The topological polar surface area (TPSA) is 81.4 Å². The van der Waals surface area contributed by atoms with Gasteiger partial charge in [-0.15, -0.1) is 0 Å². The van der Waals surface area contributed by atoms with E-state index < -0.39 is 34.8 Å². The summed E-state index contributed by atoms with van der Waals surface area (Å²) in [7, 11) is -3.80. The number of hydrogen-bond donors (Lipinski definition) is 2. The molecule has 0 saturated heterocycles. The van der Waals surface area contributed by atoms with Gasteiger partial charge in [0.2, 0.25) is 10.0 Å². The van der Waals surface area contributed by atoms with Crippen LogP contribution in [0.5, 0.6) is 5.75 Å². The number of nitrogens with two attached hydrogens (primary N) is 1. The summed E-state index contributed by atoms with van der Waals surface area (Å²) < 4.78 is 66.6. The lowest BCUT2D eigenvalue weighted by molar-refractivity contribution is -0.134. The molecule has 0 unspecified atom stereocenters. The fraction of sp³-hybridized carbons (Fsp3) is 0.500. The van der Waals surface area contributed by atoms with Gasteiger partial charge in [0.15, 0.2) is 0 Å². The van der Waals surface area contributed by atoms with E-state index in [4.69, 9.17) is 10.5 Å². The molecule has 3 N–H and O–H groups in total. The number of alkyl halides is 3. The molecular weight excluding hydrogens is 309 g/mol. The van der Waals surface area contributed by atoms with Crippen LogP contribution >= 0.6 is 0 Å². The first-order valence-corrected chi connectivity index (χ1v) is 7.87. The van der Waals surface area contributed by atoms with Gasteiger partial charge < -0.3 is 10.5 Å². The second-order valence-electron chi connectivity index (χ2n) is 4.30. The van der Waals surface area contributed by atoms with Gasteiger partial charge in [-0.05, 0) is 30.7 Å². The van der Waals surface area contributed by atoms with Gasteiger partial charge in [0.25, 0.3) is 0 Å². The maximum Gasteiger partial charge on any atom is 0.389 e. The zero-order chi connectivity index (χ0) is 15.9. The molecule has 0 amide bonds. The molecule has 0 fully saturated rings. The van der Waals surface area contributed by atoms with E-state index in [1.807, 2.05) is 0 Å². The zero-order valence-electron chi connectivity index (χ0n) is 11.2. The fourth-order valence-electron chi connectivity index (χ4n) is 1.49. The van der Waals surface area contributed by atoms with Crippen molar-refractivity contribution in [1.29, 1.82) is 0 Å². The monoisotopic (exact) mass is 326 g/mol. The van der Waals surface area contributed by atoms with Crippen LogP contribution in [-0.4, -0.2) is 33.5 Å². The zero-order valence-corrected chi connectivity index (χ0v) is 12.0. The summed E-state index contributed by atoms with van der Waals surface area (Å²) in [6.07, 6.45) is -5.95. The van der Waals surface area contributed by atoms with Gasteiger partial charge >= 0.3 is 6.18 Å². The number of hydrogen-bond acceptors (Lipinski definition) is 4. The van der Waals surface area contributed by atoms with Crippen LogP contribution in [-0.2, 0) is 10.0 Å². The highest BCUT2D eigenvalue weighted by molar-refractivity contribution is 7.92. The first-order valence-electron chi connectivity index (χ1n) is 6.22. The Morgan fingerprint density at radius 2 is 1.81 bits per heavy atom. The number of nitrogens with one attached hydrogen (secondary N) is 1. The van der Waals surface area contributed by atoms with Crippen LogP contribution in [0.25, 0.3) is 0 Å². The summed E-state index contributed by atoms with van der Waals surface area (Å²) >= 11 is 0. The van der Waals surface area contributed by atoms with E-state index in [1.54, 1.807) is 12.1 Å². The molecule has 21 heavy (non-hydrogen) atoms. The first kappa shape index (κ1) is 17.6. The fourth-order valence-corrected chi connectivity index (χ4v) is 2.61. The highest BCUT2D eigenvalue weighted by Gasteiger charge is 2.27. The lowest BCUT2D eigenvalue weighted by atomic mass is 10.3. The van der Waals surface area contributed by atoms with Crippen molar-refractivity contribution in [3.8, 4) is 5.75 Å². The number of ether oxygens (including phenoxy) is 1. The van der Waals surface area contributed by atoms with Gasteiger partial charge in [-0.3, -0.25) is 4.72 Å². The number of rotatable bonds is 8. The highest BCUT2D eigenvalue weighted by atomic mass is 32.2. The summed E-state index contributed by atoms with van der Waals surface area (Å²) in [5.74, 6) is -0.0572. The minimum absolute atomic E-state index is 0.266. The molecule has 0 aliphatic carbocycles. The molecule has 0 heterocycles. The molecule has 0 atom stereocenters. The van der Waals surface area contributed by atoms with Crippen LogP contribution in [0.1, 0.15) is 12.8 Å². The molecule has 0 saturated carbocycles. The Labute approximate surface area is 121 Å². The summed E-state index contributed by atoms with van der Waals surface area (Å²) in [6, 6.07) is 6.02. The van der Waals surface area contributed by atoms with E-state index in [1.165, 1.54) is 12.1 Å². The van der Waals surface area contributed by atoms with E-state index in [-0.39, 0.29) is 5.69 Å². The molecule has 0 aliphatic heterocycles. The van der Waals surface area contributed by atoms with Crippen LogP contribution in [0.15, 0.2) is 24.3 Å². The quantitative estimate of drug-likeness (QED) is 0.766. The predicted molar refractivity (Wildman–Crippen MR) is 73.7 cm³/mol. The summed E-state index contributed by atoms with van der Waals surface area (Å²) in [4.78, 5) is 0. The average molecular weight is 326 g/mol. The normalized spacial score (nSPS) is 12.2. The third-order valence-corrected chi connectivity index (χ3v) is 3.76. The van der Waals surface area contributed by atoms with Crippen molar-refractivity contribution in [3.63, 3.8) is 0 Å². The van der Waals surface area contributed by atoms with Crippen LogP contribution in [0.4, 0.5) is 18.9 Å². The Morgan fingerprint density at radius 3 is 2.33 bits per heavy atom. The Bertz CT molecular complexity index is 530. The molecule has 1 rings (SSSR count). The molecule has 0 aliphatic rings. The maximum absolute atomic E-state index is 12.0. The standard InChI is InChI=1S/C12H17F3N2O3S/c13-12(14,15)6-1-9-21(18,19)17-10-2-4-11(5-3-10)20-8-7-16/h2-5,17H,1,6-9,16H2. The molecule has 0 bridgehead atoms. The molecule has 0 spiro atoms. The van der Waals surface area contributed by atoms with Gasteiger partial charge in [0.1, 0.15) is 12.4 Å². The maximum atomic E-state index is 12.0. The van der Waals surface area contributed by atoms with Crippen molar-refractivity contribution in [2.45, 2.75) is 19.0 Å². The van der Waals surface area contributed by atoms with Crippen LogP contribution in [0.3, 0.4) is 0 Å². The predicted octanol–water partition coefficient (Wildman–Crippen LogP) is 2.11. The molecule has 1 aromatic rings. The van der Waals surface area contributed by atoms with Crippen LogP contribution < -0.4 is 15.2 Å². The Balaban J connectivity index is 2.51. The van der Waals surface area contributed by atoms with Crippen molar-refractivity contribution < 1.29 is 26.3 Å². The van der Waals surface area contributed by atoms with Crippen molar-refractivity contribution in [1.82, 2.24) is 0 Å². The third kappa shape index (κ3) is 7.76. The largest absolute Gasteiger partial charge is 0.492 e. The van der Waals surface area contributed by atoms with E-state index in [2.05, 4.69) is 4.72 Å². The summed E-state index contributed by atoms with van der Waals surface area (Å²) in [6.45, 7) is 0.691. The molecule has 120 valence electrons. The molecule has 0 radical (unpaired) electrons. The molecule has 5 nitrogen and oxygen atoms in total. The third-order valence-electron chi connectivity index (χ3n) is 2.39. The molecule has 1 aromatic carbocycles. The Morgan fingerprint density at radius 1 is 1.19 bits per heavy atom. The van der Waals surface area contributed by atoms with Crippen LogP contribution in [0, 0.1) is 0 Å². The molecule has 9 heteroatoms. The summed E-state index contributed by atoms with van der Waals surface area (Å²) in [5.41, 5.74) is 5.54. The Hall–Kier alpha value is -1.48. The van der Waals surface area contributed by atoms with E-state index in [0.717, 1.165) is 0 Å². The van der Waals surface area contributed by atoms with Gasteiger partial charge in [-0.1, -0.05) is 0 Å². The highest BCUT2D eigenvalue weighted by Crippen LogP contribution is 2.22. The number of anilines is 1. The average Bonchev–Trinajstić information content (AvgIpc) is 2.35. The van der Waals surface area contributed by atoms with Gasteiger partial charge in [0.05, 0.1) is 5.75 Å². The molecule has 0 aromatic heterocycles. The van der Waals surface area contributed by atoms with E-state index >= 15 is 0 Å². The van der Waals surface area contributed by atoms with Crippen molar-refractivity contribution in [2.24, 2.45) is 5.73 Å². The van der Waals surface area contributed by atoms with E-state index in [9.17, 15) is 21.6 Å². The van der Waals surface area contributed by atoms with Crippen molar-refractivity contribution >= 4 is 15.7 Å². The van der Waals surface area contributed by atoms with Crippen molar-refractivity contribution in [3.05, 3.63) is 24.3 Å². The Kier molecular flexibility index (Phi) is 6.28. The van der Waals surface area contributed by atoms with Gasteiger partial charge in [-0.2, -0.15) is 13.2 Å². The van der Waals surface area contributed by atoms with Crippen molar-refractivity contribution in [2.75, 3.05) is 23.6 Å². The number of halogens is 3. The second-order valence-corrected chi connectivity index (χ2v) is 6.14. The SMILES string of the molecule is NCCOc1ccc(NS(=O)(=O)CCCC(F)(F)F)cc1. The van der Waals surface area contributed by atoms with Crippen LogP contribution in [0.2, 0.25) is 0 Å². The lowest BCUT2D eigenvalue weighted by Gasteiger charge is -2.10. The smallest absolute Gasteiger partial charge is 0.389 e. The number of benzene rings is 1. The van der Waals surface area contributed by atoms with Gasteiger partial charge in [0, 0.05) is 18.7 Å².